The molecule has 65 heavy (non-hydrogen) atoms. The van der Waals surface area contributed by atoms with Crippen molar-refractivity contribution in [3.05, 3.63) is 48.2 Å². The fourth-order valence-corrected chi connectivity index (χ4v) is 10.1. The number of carbonyl (C=O) groups excluding carboxylic acids is 5. The molecule has 3 saturated heterocycles. The molecule has 0 bridgehead atoms. The van der Waals surface area contributed by atoms with Gasteiger partial charge in [0.25, 0.3) is 5.91 Å². The smallest absolute Gasteiger partial charge is 0.329 e. The van der Waals surface area contributed by atoms with E-state index in [-0.39, 0.29) is 48.2 Å². The summed E-state index contributed by atoms with van der Waals surface area (Å²) in [6.45, 7) is 7.51. The zero-order valence-electron chi connectivity index (χ0n) is 37.7. The van der Waals surface area contributed by atoms with E-state index in [1.165, 1.54) is 4.90 Å². The van der Waals surface area contributed by atoms with Crippen LogP contribution in [0.1, 0.15) is 75.1 Å². The number of nitrogens with zero attached hydrogens (tertiary/aromatic N) is 10. The maximum absolute atomic E-state index is 13.5. The second-order valence-electron chi connectivity index (χ2n) is 17.7. The Hall–Kier alpha value is -6.50. The van der Waals surface area contributed by atoms with Gasteiger partial charge in [0, 0.05) is 108 Å². The van der Waals surface area contributed by atoms with E-state index in [0.717, 1.165) is 74.3 Å². The molecule has 4 aliphatic heterocycles. The van der Waals surface area contributed by atoms with Crippen LogP contribution in [0, 0.1) is 0 Å². The van der Waals surface area contributed by atoms with Crippen LogP contribution in [0.5, 0.6) is 5.75 Å². The molecule has 0 radical (unpaired) electrons. The number of aromatic nitrogens is 4. The van der Waals surface area contributed by atoms with Gasteiger partial charge in [0.2, 0.25) is 23.7 Å². The number of rotatable bonds is 12. The summed E-state index contributed by atoms with van der Waals surface area (Å²) < 4.78 is 7.49. The fourth-order valence-electron chi connectivity index (χ4n) is 10.1. The first-order valence-corrected chi connectivity index (χ1v) is 23.0. The molecule has 1 saturated carbocycles. The molecule has 19 heteroatoms. The lowest BCUT2D eigenvalue weighted by molar-refractivity contribution is -0.132. The molecule has 6 heterocycles. The third-order valence-corrected chi connectivity index (χ3v) is 13.8. The fraction of sp³-hybridized carbons (Fsp3) is 0.522. The van der Waals surface area contributed by atoms with E-state index in [1.807, 2.05) is 24.9 Å². The summed E-state index contributed by atoms with van der Waals surface area (Å²) in [7, 11) is 5.20. The van der Waals surface area contributed by atoms with Crippen molar-refractivity contribution in [1.82, 2.24) is 40.2 Å². The van der Waals surface area contributed by atoms with Gasteiger partial charge in [0.1, 0.15) is 17.5 Å². The molecule has 0 spiro atoms. The molecule has 19 nitrogen and oxygen atoms in total. The van der Waals surface area contributed by atoms with E-state index >= 15 is 0 Å². The lowest BCUT2D eigenvalue weighted by atomic mass is 10.0. The van der Waals surface area contributed by atoms with Gasteiger partial charge in [-0.2, -0.15) is 10.1 Å². The minimum Gasteiger partial charge on any atom is -0.495 e. The van der Waals surface area contributed by atoms with Crippen LogP contribution in [0.2, 0.25) is 0 Å². The van der Waals surface area contributed by atoms with Crippen molar-refractivity contribution in [3.8, 4) is 5.75 Å². The number of fused-ring (bicyclic) bond motifs is 2. The van der Waals surface area contributed by atoms with Crippen LogP contribution < -0.4 is 40.3 Å². The molecule has 5 aliphatic rings. The van der Waals surface area contributed by atoms with Gasteiger partial charge >= 0.3 is 6.03 Å². The monoisotopic (exact) mass is 889 g/mol. The predicted molar refractivity (Wildman–Crippen MR) is 247 cm³/mol. The maximum Gasteiger partial charge on any atom is 0.329 e. The van der Waals surface area contributed by atoms with Crippen molar-refractivity contribution in [2.45, 2.75) is 82.8 Å². The van der Waals surface area contributed by atoms with E-state index in [2.05, 4.69) is 52.9 Å². The van der Waals surface area contributed by atoms with Gasteiger partial charge in [-0.3, -0.25) is 39.0 Å². The zero-order chi connectivity index (χ0) is 45.4. The van der Waals surface area contributed by atoms with Gasteiger partial charge in [0.05, 0.1) is 24.5 Å². The molecule has 6 amide bonds. The molecule has 344 valence electrons. The molecule has 2 aromatic carbocycles. The average Bonchev–Trinajstić information content (AvgIpc) is 3.97. The van der Waals surface area contributed by atoms with E-state index in [1.54, 1.807) is 48.1 Å². The van der Waals surface area contributed by atoms with Crippen molar-refractivity contribution in [2.24, 2.45) is 7.05 Å². The molecule has 3 N–H and O–H groups in total. The Morgan fingerprint density at radius 1 is 0.908 bits per heavy atom. The van der Waals surface area contributed by atoms with Crippen LogP contribution in [0.25, 0.3) is 10.9 Å². The van der Waals surface area contributed by atoms with Crippen molar-refractivity contribution < 1.29 is 28.7 Å². The number of nitrogens with one attached hydrogen (secondary N) is 3. The molecular weight excluding hydrogens is 831 g/mol. The number of carbonyl (C=O) groups is 5. The molecule has 4 aromatic rings. The summed E-state index contributed by atoms with van der Waals surface area (Å²) in [6.07, 6.45) is 8.75. The normalized spacial score (nSPS) is 20.1. The highest BCUT2D eigenvalue weighted by Gasteiger charge is 2.41. The molecule has 4 fully saturated rings. The number of aryl methyl sites for hydroxylation is 1. The van der Waals surface area contributed by atoms with Crippen LogP contribution in [-0.4, -0.2) is 144 Å². The minimum absolute atomic E-state index is 0.0563. The molecule has 9 rings (SSSR count). The Balaban J connectivity index is 0.735. The summed E-state index contributed by atoms with van der Waals surface area (Å²) >= 11 is 0. The number of amides is 6. The molecular formula is C46H59N13O6. The number of hydrogen-bond donors (Lipinski definition) is 3. The number of methoxy groups -OCH3 is 1. The second-order valence-corrected chi connectivity index (χ2v) is 17.7. The number of likely N-dealkylation sites (N-methyl/N-ethyl adjacent to an activating group) is 1. The highest BCUT2D eigenvalue weighted by atomic mass is 16.5. The zero-order valence-corrected chi connectivity index (χ0v) is 37.7. The number of benzene rings is 2. The topological polar surface area (TPSA) is 194 Å². The van der Waals surface area contributed by atoms with Crippen LogP contribution in [-0.2, 0) is 21.4 Å². The summed E-state index contributed by atoms with van der Waals surface area (Å²) in [5.41, 5.74) is 3.75. The number of likely N-dealkylation sites (tertiary alicyclic amines) is 1. The standard InChI is InChI=1S/C46H59N13O6/c1-5-35-44(63)53(2)37-28-47-45(51-42(37)59(35)31-8-6-7-9-31)49-34-13-10-29(26-38(34)65-4)43(62)48-30-14-19-57(20-15-30)40(61)17-18-55-22-24-56(25-23-55)32-11-12-33-36(27-32)54(3)52-41(33)58-21-16-39(60)50-46(58)64/h10-13,26-28,30-31,35H,5-9,14-25H2,1-4H3,(H,48,62)(H,47,49,51)(H,50,60,64). The lowest BCUT2D eigenvalue weighted by Crippen LogP contribution is -2.55. The number of urea groups is 1. The van der Waals surface area contributed by atoms with Crippen LogP contribution in [0.3, 0.4) is 0 Å². The number of piperazine rings is 1. The molecule has 1 atom stereocenters. The van der Waals surface area contributed by atoms with Gasteiger partial charge in [-0.1, -0.05) is 19.8 Å². The summed E-state index contributed by atoms with van der Waals surface area (Å²) in [4.78, 5) is 85.8. The number of piperidine rings is 1. The number of anilines is 6. The Labute approximate surface area is 378 Å². The van der Waals surface area contributed by atoms with Gasteiger partial charge in [-0.25, -0.2) is 9.78 Å². The van der Waals surface area contributed by atoms with Gasteiger partial charge in [0.15, 0.2) is 11.6 Å². The van der Waals surface area contributed by atoms with E-state index < -0.39 is 6.03 Å². The number of imide groups is 1. The third kappa shape index (κ3) is 8.85. The van der Waals surface area contributed by atoms with Gasteiger partial charge < -0.3 is 35.0 Å². The quantitative estimate of drug-likeness (QED) is 0.185. The minimum atomic E-state index is -0.451. The Morgan fingerprint density at radius 2 is 1.68 bits per heavy atom. The van der Waals surface area contributed by atoms with E-state index in [0.29, 0.717) is 86.3 Å². The van der Waals surface area contributed by atoms with Crippen molar-refractivity contribution in [3.63, 3.8) is 0 Å². The van der Waals surface area contributed by atoms with Crippen LogP contribution >= 0.6 is 0 Å². The third-order valence-electron chi connectivity index (χ3n) is 13.8. The van der Waals surface area contributed by atoms with Crippen molar-refractivity contribution in [2.75, 3.05) is 91.4 Å². The van der Waals surface area contributed by atoms with E-state index in [9.17, 15) is 24.0 Å². The second kappa shape index (κ2) is 18.5. The average molecular weight is 890 g/mol. The number of hydrogen-bond acceptors (Lipinski definition) is 13. The lowest BCUT2D eigenvalue weighted by Gasteiger charge is -2.43. The Bertz CT molecular complexity index is 2470. The van der Waals surface area contributed by atoms with Crippen LogP contribution in [0.15, 0.2) is 42.6 Å². The van der Waals surface area contributed by atoms with Crippen molar-refractivity contribution >= 4 is 75.2 Å². The first kappa shape index (κ1) is 43.7. The molecule has 1 aliphatic carbocycles. The first-order chi connectivity index (χ1) is 31.5. The summed E-state index contributed by atoms with van der Waals surface area (Å²) in [5, 5.41) is 14.3. The highest BCUT2D eigenvalue weighted by molar-refractivity contribution is 6.09. The van der Waals surface area contributed by atoms with Crippen LogP contribution in [0.4, 0.5) is 39.4 Å². The van der Waals surface area contributed by atoms with E-state index in [4.69, 9.17) is 9.72 Å². The SMILES string of the molecule is CCC1C(=O)N(C)c2cnc(Nc3ccc(C(=O)NC4CCN(C(=O)CCN5CCN(c6ccc7c(N8CCC(=O)NC8=O)nn(C)c7c6)CC5)CC4)cc3OC)nc2N1C1CCCC1. The maximum atomic E-state index is 13.5. The molecule has 1 unspecified atom stereocenters. The van der Waals surface area contributed by atoms with Crippen molar-refractivity contribution in [1.29, 1.82) is 0 Å². The Kier molecular flexibility index (Phi) is 12.5. The predicted octanol–water partition coefficient (Wildman–Crippen LogP) is 4.00. The summed E-state index contributed by atoms with van der Waals surface area (Å²) in [5.74, 6) is 1.86. The highest BCUT2D eigenvalue weighted by Crippen LogP contribution is 2.40. The Morgan fingerprint density at radius 3 is 2.40 bits per heavy atom. The van der Waals surface area contributed by atoms with Gasteiger partial charge in [-0.15, -0.1) is 0 Å². The number of ether oxygens (including phenoxy) is 1. The van der Waals surface area contributed by atoms with Gasteiger partial charge in [-0.05, 0) is 68.5 Å². The first-order valence-electron chi connectivity index (χ1n) is 23.0. The summed E-state index contributed by atoms with van der Waals surface area (Å²) in [6, 6.07) is 10.9. The largest absolute Gasteiger partial charge is 0.495 e. The molecule has 2 aromatic heterocycles.